The molecule has 1 rings (SSSR count). The van der Waals surface area contributed by atoms with E-state index in [1.165, 1.54) is 6.26 Å². The second-order valence-corrected chi connectivity index (χ2v) is 7.59. The molecule has 0 spiro atoms. The van der Waals surface area contributed by atoms with Crippen molar-refractivity contribution in [2.45, 2.75) is 32.1 Å². The standard InChI is InChI=1S/C12H20N2O2S/c1-10-5-6-13-7-11(10)8-14-9-12(2,3)17(4,15)16/h5-7,14H,8-9H2,1-4H3. The van der Waals surface area contributed by atoms with E-state index >= 15 is 0 Å². The van der Waals surface area contributed by atoms with E-state index in [1.807, 2.05) is 13.0 Å². The minimum atomic E-state index is -3.05. The van der Waals surface area contributed by atoms with Gasteiger partial charge in [0, 0.05) is 31.7 Å². The normalized spacial score (nSPS) is 12.7. The summed E-state index contributed by atoms with van der Waals surface area (Å²) in [6, 6.07) is 1.94. The molecule has 0 saturated carbocycles. The van der Waals surface area contributed by atoms with E-state index in [1.54, 1.807) is 26.2 Å². The number of sulfone groups is 1. The molecule has 1 heterocycles. The first-order chi connectivity index (χ1) is 7.74. The third kappa shape index (κ3) is 3.78. The lowest BCUT2D eigenvalue weighted by atomic mass is 10.1. The van der Waals surface area contributed by atoms with Crippen molar-refractivity contribution >= 4 is 9.84 Å². The van der Waals surface area contributed by atoms with Crippen LogP contribution in [-0.4, -0.2) is 30.9 Å². The predicted molar refractivity (Wildman–Crippen MR) is 69.6 cm³/mol. The summed E-state index contributed by atoms with van der Waals surface area (Å²) in [5, 5.41) is 3.17. The Kier molecular flexibility index (Phi) is 4.27. The molecule has 4 nitrogen and oxygen atoms in total. The average Bonchev–Trinajstić information content (AvgIpc) is 2.19. The minimum absolute atomic E-state index is 0.431. The molecule has 0 amide bonds. The lowest BCUT2D eigenvalue weighted by Gasteiger charge is -2.23. The summed E-state index contributed by atoms with van der Waals surface area (Å²) in [5.41, 5.74) is 2.25. The Morgan fingerprint density at radius 2 is 2.06 bits per heavy atom. The molecule has 0 radical (unpaired) electrons. The molecule has 0 atom stereocenters. The van der Waals surface area contributed by atoms with Crippen LogP contribution in [0, 0.1) is 6.92 Å². The molecule has 5 heteroatoms. The van der Waals surface area contributed by atoms with Gasteiger partial charge in [-0.25, -0.2) is 8.42 Å². The van der Waals surface area contributed by atoms with E-state index in [2.05, 4.69) is 10.3 Å². The molecule has 0 fully saturated rings. The maximum atomic E-state index is 11.5. The zero-order chi connectivity index (χ0) is 13.1. The van der Waals surface area contributed by atoms with Gasteiger partial charge in [0.15, 0.2) is 9.84 Å². The van der Waals surface area contributed by atoms with Crippen LogP contribution in [0.5, 0.6) is 0 Å². The maximum absolute atomic E-state index is 11.5. The highest BCUT2D eigenvalue weighted by Crippen LogP contribution is 2.14. The van der Waals surface area contributed by atoms with Crippen molar-refractivity contribution in [1.29, 1.82) is 0 Å². The summed E-state index contributed by atoms with van der Waals surface area (Å²) in [4.78, 5) is 4.05. The maximum Gasteiger partial charge on any atom is 0.153 e. The van der Waals surface area contributed by atoms with Crippen molar-refractivity contribution in [3.63, 3.8) is 0 Å². The van der Waals surface area contributed by atoms with Crippen LogP contribution in [0.25, 0.3) is 0 Å². The van der Waals surface area contributed by atoms with Gasteiger partial charge in [-0.1, -0.05) is 0 Å². The van der Waals surface area contributed by atoms with Gasteiger partial charge in [-0.3, -0.25) is 4.98 Å². The number of aromatic nitrogens is 1. The van der Waals surface area contributed by atoms with Crippen LogP contribution in [0.1, 0.15) is 25.0 Å². The highest BCUT2D eigenvalue weighted by molar-refractivity contribution is 7.92. The second kappa shape index (κ2) is 5.14. The van der Waals surface area contributed by atoms with Crippen LogP contribution in [0.15, 0.2) is 18.5 Å². The van der Waals surface area contributed by atoms with Crippen molar-refractivity contribution in [3.05, 3.63) is 29.6 Å². The summed E-state index contributed by atoms with van der Waals surface area (Å²) in [5.74, 6) is 0. The molecule has 0 aliphatic rings. The van der Waals surface area contributed by atoms with Crippen LogP contribution in [0.2, 0.25) is 0 Å². The van der Waals surface area contributed by atoms with Crippen LogP contribution in [0.4, 0.5) is 0 Å². The zero-order valence-corrected chi connectivity index (χ0v) is 11.6. The molecule has 0 aliphatic heterocycles. The van der Waals surface area contributed by atoms with Gasteiger partial charge >= 0.3 is 0 Å². The Bertz CT molecular complexity index is 481. The molecule has 96 valence electrons. The lowest BCUT2D eigenvalue weighted by Crippen LogP contribution is -2.41. The molecule has 17 heavy (non-hydrogen) atoms. The molecule has 0 aliphatic carbocycles. The van der Waals surface area contributed by atoms with Gasteiger partial charge in [-0.2, -0.15) is 0 Å². The van der Waals surface area contributed by atoms with Crippen molar-refractivity contribution in [3.8, 4) is 0 Å². The van der Waals surface area contributed by atoms with Gasteiger partial charge in [-0.15, -0.1) is 0 Å². The largest absolute Gasteiger partial charge is 0.311 e. The summed E-state index contributed by atoms with van der Waals surface area (Å²) in [7, 11) is -3.05. The second-order valence-electron chi connectivity index (χ2n) is 4.94. The average molecular weight is 256 g/mol. The molecule has 1 aromatic heterocycles. The van der Waals surface area contributed by atoms with E-state index in [4.69, 9.17) is 0 Å². The Morgan fingerprint density at radius 1 is 1.41 bits per heavy atom. The monoisotopic (exact) mass is 256 g/mol. The van der Waals surface area contributed by atoms with Gasteiger partial charge in [0.25, 0.3) is 0 Å². The Hall–Kier alpha value is -0.940. The molecule has 0 aromatic carbocycles. The van der Waals surface area contributed by atoms with E-state index in [-0.39, 0.29) is 0 Å². The summed E-state index contributed by atoms with van der Waals surface area (Å²) >= 11 is 0. The molecular weight excluding hydrogens is 236 g/mol. The Balaban J connectivity index is 2.58. The third-order valence-corrected chi connectivity index (χ3v) is 5.17. The van der Waals surface area contributed by atoms with Crippen molar-refractivity contribution < 1.29 is 8.42 Å². The van der Waals surface area contributed by atoms with Gasteiger partial charge in [0.1, 0.15) is 0 Å². The molecule has 0 unspecified atom stereocenters. The van der Waals surface area contributed by atoms with Crippen molar-refractivity contribution in [2.75, 3.05) is 12.8 Å². The van der Waals surface area contributed by atoms with Gasteiger partial charge in [0.05, 0.1) is 4.75 Å². The highest BCUT2D eigenvalue weighted by atomic mass is 32.2. The summed E-state index contributed by atoms with van der Waals surface area (Å²) in [6.45, 7) is 6.54. The molecule has 0 bridgehead atoms. The summed E-state index contributed by atoms with van der Waals surface area (Å²) in [6.07, 6.45) is 4.82. The van der Waals surface area contributed by atoms with Crippen LogP contribution < -0.4 is 5.32 Å². The smallest absolute Gasteiger partial charge is 0.153 e. The molecule has 1 N–H and O–H groups in total. The lowest BCUT2D eigenvalue weighted by molar-refractivity contribution is 0.521. The topological polar surface area (TPSA) is 59.1 Å². The fourth-order valence-corrected chi connectivity index (χ4v) is 1.68. The molecule has 1 aromatic rings. The van der Waals surface area contributed by atoms with Crippen LogP contribution >= 0.6 is 0 Å². The number of hydrogen-bond donors (Lipinski definition) is 1. The van der Waals surface area contributed by atoms with Gasteiger partial charge < -0.3 is 5.32 Å². The zero-order valence-electron chi connectivity index (χ0n) is 10.8. The number of rotatable bonds is 5. The number of nitrogens with one attached hydrogen (secondary N) is 1. The fraction of sp³-hybridized carbons (Fsp3) is 0.583. The van der Waals surface area contributed by atoms with Crippen molar-refractivity contribution in [2.24, 2.45) is 0 Å². The highest BCUT2D eigenvalue weighted by Gasteiger charge is 2.29. The van der Waals surface area contributed by atoms with E-state index in [9.17, 15) is 8.42 Å². The number of hydrogen-bond acceptors (Lipinski definition) is 4. The van der Waals surface area contributed by atoms with Crippen LogP contribution in [-0.2, 0) is 16.4 Å². The van der Waals surface area contributed by atoms with Crippen molar-refractivity contribution in [1.82, 2.24) is 10.3 Å². The van der Waals surface area contributed by atoms with Gasteiger partial charge in [0.2, 0.25) is 0 Å². The molecule has 0 saturated heterocycles. The Morgan fingerprint density at radius 3 is 2.59 bits per heavy atom. The van der Waals surface area contributed by atoms with Crippen LogP contribution in [0.3, 0.4) is 0 Å². The first-order valence-corrected chi connectivity index (χ1v) is 7.43. The first-order valence-electron chi connectivity index (χ1n) is 5.54. The minimum Gasteiger partial charge on any atom is -0.311 e. The van der Waals surface area contributed by atoms with E-state index < -0.39 is 14.6 Å². The molecular formula is C12H20N2O2S. The SMILES string of the molecule is Cc1ccncc1CNCC(C)(C)S(C)(=O)=O. The Labute approximate surface area is 103 Å². The van der Waals surface area contributed by atoms with Gasteiger partial charge in [-0.05, 0) is 38.0 Å². The van der Waals surface area contributed by atoms with E-state index in [0.29, 0.717) is 13.1 Å². The summed E-state index contributed by atoms with van der Waals surface area (Å²) < 4.78 is 22.3. The fourth-order valence-electron chi connectivity index (χ4n) is 1.31. The van der Waals surface area contributed by atoms with E-state index in [0.717, 1.165) is 11.1 Å². The third-order valence-electron chi connectivity index (χ3n) is 3.02. The number of aryl methyl sites for hydroxylation is 1. The first kappa shape index (κ1) is 14.1. The quantitative estimate of drug-likeness (QED) is 0.863. The number of pyridine rings is 1. The number of nitrogens with zero attached hydrogens (tertiary/aromatic N) is 1. The predicted octanol–water partition coefficient (Wildman–Crippen LogP) is 1.30.